The maximum Gasteiger partial charge on any atom is 0.192 e. The minimum absolute atomic E-state index is 0.153. The van der Waals surface area contributed by atoms with Crippen LogP contribution >= 0.6 is 15.9 Å². The highest BCUT2D eigenvalue weighted by Gasteiger charge is 2.11. The lowest BCUT2D eigenvalue weighted by molar-refractivity contribution is 1.15. The van der Waals surface area contributed by atoms with Crippen LogP contribution in [0.1, 0.15) is 0 Å². The second-order valence-corrected chi connectivity index (χ2v) is 4.31. The number of anilines is 3. The first kappa shape index (κ1) is 12.4. The average molecular weight is 308 g/mol. The number of nitroso groups, excluding NO2 is 1. The Labute approximate surface area is 112 Å². The molecule has 2 rings (SSSR count). The lowest BCUT2D eigenvalue weighted by Crippen LogP contribution is -1.99. The van der Waals surface area contributed by atoms with Crippen LogP contribution in [0.3, 0.4) is 0 Å². The normalized spacial score (nSPS) is 9.89. The summed E-state index contributed by atoms with van der Waals surface area (Å²) in [6, 6.07) is 7.51. The van der Waals surface area contributed by atoms with Crippen molar-refractivity contribution < 1.29 is 0 Å². The number of benzene rings is 1. The van der Waals surface area contributed by atoms with Gasteiger partial charge in [-0.25, -0.2) is 9.97 Å². The van der Waals surface area contributed by atoms with Crippen molar-refractivity contribution in [3.05, 3.63) is 40.0 Å². The molecule has 0 amide bonds. The van der Waals surface area contributed by atoms with Gasteiger partial charge in [-0.1, -0.05) is 22.0 Å². The lowest BCUT2D eigenvalue weighted by Gasteiger charge is -2.09. The average Bonchev–Trinajstić information content (AvgIpc) is 2.38. The quantitative estimate of drug-likeness (QED) is 0.846. The fraction of sp³-hybridized carbons (Fsp3) is 0.0909. The zero-order chi connectivity index (χ0) is 13.0. The van der Waals surface area contributed by atoms with E-state index in [1.165, 1.54) is 6.33 Å². The van der Waals surface area contributed by atoms with Crippen LogP contribution < -0.4 is 10.6 Å². The molecule has 2 N–H and O–H groups in total. The summed E-state index contributed by atoms with van der Waals surface area (Å²) in [5, 5.41) is 8.76. The molecular weight excluding hydrogens is 298 g/mol. The van der Waals surface area contributed by atoms with E-state index >= 15 is 0 Å². The Morgan fingerprint density at radius 3 is 2.72 bits per heavy atom. The molecule has 1 aromatic heterocycles. The van der Waals surface area contributed by atoms with E-state index in [0.717, 1.165) is 10.2 Å². The predicted molar refractivity (Wildman–Crippen MR) is 74.5 cm³/mol. The molecule has 0 fully saturated rings. The van der Waals surface area contributed by atoms with Crippen molar-refractivity contribution in [2.24, 2.45) is 5.18 Å². The molecular formula is C11H10BrN5O. The lowest BCUT2D eigenvalue weighted by atomic mass is 10.3. The van der Waals surface area contributed by atoms with Crippen molar-refractivity contribution in [2.75, 3.05) is 17.7 Å². The van der Waals surface area contributed by atoms with Gasteiger partial charge >= 0.3 is 0 Å². The molecule has 0 unspecified atom stereocenters. The number of rotatable bonds is 4. The summed E-state index contributed by atoms with van der Waals surface area (Å²) in [6.07, 6.45) is 1.36. The third-order valence-corrected chi connectivity index (χ3v) is 2.73. The minimum atomic E-state index is 0.153. The zero-order valence-corrected chi connectivity index (χ0v) is 11.1. The van der Waals surface area contributed by atoms with Crippen molar-refractivity contribution in [3.8, 4) is 0 Å². The van der Waals surface area contributed by atoms with Gasteiger partial charge < -0.3 is 10.6 Å². The van der Waals surface area contributed by atoms with Crippen LogP contribution in [0.2, 0.25) is 0 Å². The third-order valence-electron chi connectivity index (χ3n) is 2.24. The number of nitrogens with zero attached hydrogens (tertiary/aromatic N) is 3. The van der Waals surface area contributed by atoms with Gasteiger partial charge in [0.15, 0.2) is 17.3 Å². The van der Waals surface area contributed by atoms with E-state index in [4.69, 9.17) is 0 Å². The molecule has 0 bridgehead atoms. The first-order chi connectivity index (χ1) is 8.74. The summed E-state index contributed by atoms with van der Waals surface area (Å²) in [5.74, 6) is 0.750. The monoisotopic (exact) mass is 307 g/mol. The van der Waals surface area contributed by atoms with E-state index in [0.29, 0.717) is 11.6 Å². The molecule has 1 heterocycles. The van der Waals surface area contributed by atoms with E-state index in [2.05, 4.69) is 41.7 Å². The highest BCUT2D eigenvalue weighted by molar-refractivity contribution is 9.10. The maximum atomic E-state index is 10.8. The first-order valence-corrected chi connectivity index (χ1v) is 5.92. The zero-order valence-electron chi connectivity index (χ0n) is 9.51. The molecule has 0 aliphatic carbocycles. The van der Waals surface area contributed by atoms with Gasteiger partial charge in [0.1, 0.15) is 6.33 Å². The van der Waals surface area contributed by atoms with E-state index in [9.17, 15) is 4.91 Å². The smallest absolute Gasteiger partial charge is 0.192 e. The Bertz CT molecular complexity index is 575. The number of aromatic nitrogens is 2. The van der Waals surface area contributed by atoms with Crippen molar-refractivity contribution in [2.45, 2.75) is 0 Å². The summed E-state index contributed by atoms with van der Waals surface area (Å²) in [7, 11) is 1.67. The summed E-state index contributed by atoms with van der Waals surface area (Å²) >= 11 is 3.37. The summed E-state index contributed by atoms with van der Waals surface area (Å²) in [5.41, 5.74) is 0.954. The maximum absolute atomic E-state index is 10.8. The SMILES string of the molecule is CNc1ncnc(Nc2cccc(Br)c2)c1N=O. The Morgan fingerprint density at radius 2 is 2.06 bits per heavy atom. The molecule has 1 aromatic carbocycles. The second-order valence-electron chi connectivity index (χ2n) is 3.40. The van der Waals surface area contributed by atoms with Gasteiger partial charge in [0.25, 0.3) is 0 Å². The standard InChI is InChI=1S/C11H10BrN5O/c1-13-10-9(17-18)11(15-6-14-10)16-8-4-2-3-7(12)5-8/h2-6H,1H3,(H2,13,14,15,16). The van der Waals surface area contributed by atoms with Gasteiger partial charge in [-0.2, -0.15) is 0 Å². The van der Waals surface area contributed by atoms with Crippen LogP contribution in [0.25, 0.3) is 0 Å². The molecule has 18 heavy (non-hydrogen) atoms. The summed E-state index contributed by atoms with van der Waals surface area (Å²) in [6.45, 7) is 0. The first-order valence-electron chi connectivity index (χ1n) is 5.13. The molecule has 0 radical (unpaired) electrons. The van der Waals surface area contributed by atoms with Crippen LogP contribution in [0.15, 0.2) is 40.2 Å². The predicted octanol–water partition coefficient (Wildman–Crippen LogP) is 3.42. The highest BCUT2D eigenvalue weighted by Crippen LogP contribution is 2.31. The number of hydrogen-bond donors (Lipinski definition) is 2. The van der Waals surface area contributed by atoms with Crippen LogP contribution in [-0.2, 0) is 0 Å². The Kier molecular flexibility index (Phi) is 3.83. The fourth-order valence-electron chi connectivity index (χ4n) is 1.44. The van der Waals surface area contributed by atoms with Crippen LogP contribution in [-0.4, -0.2) is 17.0 Å². The molecule has 2 aromatic rings. The molecule has 0 aliphatic heterocycles. The van der Waals surface area contributed by atoms with Crippen molar-refractivity contribution in [1.29, 1.82) is 0 Å². The Hall–Kier alpha value is -2.02. The number of hydrogen-bond acceptors (Lipinski definition) is 6. The van der Waals surface area contributed by atoms with Gasteiger partial charge in [-0.05, 0) is 23.4 Å². The van der Waals surface area contributed by atoms with E-state index in [-0.39, 0.29) is 5.69 Å². The molecule has 7 heteroatoms. The van der Waals surface area contributed by atoms with Gasteiger partial charge in [0.05, 0.1) is 0 Å². The summed E-state index contributed by atoms with van der Waals surface area (Å²) < 4.78 is 0.927. The van der Waals surface area contributed by atoms with E-state index < -0.39 is 0 Å². The molecule has 0 aliphatic rings. The van der Waals surface area contributed by atoms with Gasteiger partial charge in [-0.15, -0.1) is 4.91 Å². The van der Waals surface area contributed by atoms with Crippen LogP contribution in [0.4, 0.5) is 23.0 Å². The van der Waals surface area contributed by atoms with Gasteiger partial charge in [0, 0.05) is 17.2 Å². The van der Waals surface area contributed by atoms with Crippen LogP contribution in [0, 0.1) is 4.91 Å². The molecule has 0 saturated carbocycles. The Morgan fingerprint density at radius 1 is 1.28 bits per heavy atom. The van der Waals surface area contributed by atoms with Crippen molar-refractivity contribution in [1.82, 2.24) is 9.97 Å². The van der Waals surface area contributed by atoms with Crippen molar-refractivity contribution >= 4 is 38.9 Å². The largest absolute Gasteiger partial charge is 0.371 e. The third kappa shape index (κ3) is 2.62. The molecule has 6 nitrogen and oxygen atoms in total. The van der Waals surface area contributed by atoms with Crippen LogP contribution in [0.5, 0.6) is 0 Å². The topological polar surface area (TPSA) is 79.3 Å². The minimum Gasteiger partial charge on any atom is -0.371 e. The molecule has 0 atom stereocenters. The highest BCUT2D eigenvalue weighted by atomic mass is 79.9. The van der Waals surface area contributed by atoms with Gasteiger partial charge in [-0.3, -0.25) is 0 Å². The van der Waals surface area contributed by atoms with Crippen molar-refractivity contribution in [3.63, 3.8) is 0 Å². The second kappa shape index (κ2) is 5.54. The molecule has 0 spiro atoms. The molecule has 0 saturated heterocycles. The van der Waals surface area contributed by atoms with E-state index in [1.54, 1.807) is 7.05 Å². The Balaban J connectivity index is 2.37. The fourth-order valence-corrected chi connectivity index (χ4v) is 1.84. The van der Waals surface area contributed by atoms with Gasteiger partial charge in [0.2, 0.25) is 0 Å². The molecule has 92 valence electrons. The van der Waals surface area contributed by atoms with E-state index in [1.807, 2.05) is 24.3 Å². The number of nitrogens with one attached hydrogen (secondary N) is 2. The summed E-state index contributed by atoms with van der Waals surface area (Å²) in [4.78, 5) is 18.8. The number of halogens is 1.